The van der Waals surface area contributed by atoms with Gasteiger partial charge in [-0.3, -0.25) is 0 Å². The molecule has 0 aliphatic carbocycles. The Balaban J connectivity index is 2.00. The van der Waals surface area contributed by atoms with Gasteiger partial charge in [0.15, 0.2) is 11.5 Å². The van der Waals surface area contributed by atoms with Crippen molar-refractivity contribution in [2.75, 3.05) is 33.9 Å². The molecule has 1 N–H and O–H groups in total. The molecule has 20 heavy (non-hydrogen) atoms. The van der Waals surface area contributed by atoms with Crippen molar-refractivity contribution in [3.63, 3.8) is 0 Å². The van der Waals surface area contributed by atoms with Crippen LogP contribution >= 0.6 is 0 Å². The van der Waals surface area contributed by atoms with Crippen LogP contribution in [0.1, 0.15) is 23.2 Å². The number of aromatic carboxylic acids is 1. The van der Waals surface area contributed by atoms with Crippen molar-refractivity contribution in [1.29, 1.82) is 0 Å². The Morgan fingerprint density at radius 3 is 2.90 bits per heavy atom. The molecule has 1 aliphatic heterocycles. The fraction of sp³-hybridized carbons (Fsp3) is 0.533. The van der Waals surface area contributed by atoms with Gasteiger partial charge in [0.25, 0.3) is 0 Å². The van der Waals surface area contributed by atoms with Crippen molar-refractivity contribution in [2.24, 2.45) is 5.92 Å². The highest BCUT2D eigenvalue weighted by Gasteiger charge is 2.18. The maximum Gasteiger partial charge on any atom is 0.335 e. The van der Waals surface area contributed by atoms with Gasteiger partial charge in [0.05, 0.1) is 19.3 Å². The van der Waals surface area contributed by atoms with Gasteiger partial charge in [0.1, 0.15) is 0 Å². The highest BCUT2D eigenvalue weighted by Crippen LogP contribution is 2.29. The third-order valence-corrected chi connectivity index (χ3v) is 3.61. The van der Waals surface area contributed by atoms with E-state index in [1.807, 2.05) is 0 Å². The number of methoxy groups -OCH3 is 1. The Kier molecular flexibility index (Phi) is 4.84. The van der Waals surface area contributed by atoms with E-state index in [-0.39, 0.29) is 5.56 Å². The average molecular weight is 279 g/mol. The summed E-state index contributed by atoms with van der Waals surface area (Å²) in [5.41, 5.74) is 0.201. The lowest BCUT2D eigenvalue weighted by atomic mass is 9.99. The van der Waals surface area contributed by atoms with E-state index >= 15 is 0 Å². The van der Waals surface area contributed by atoms with Crippen molar-refractivity contribution >= 4 is 5.97 Å². The molecule has 1 aromatic carbocycles. The molecule has 0 spiro atoms. The van der Waals surface area contributed by atoms with Gasteiger partial charge < -0.3 is 19.5 Å². The summed E-state index contributed by atoms with van der Waals surface area (Å²) in [5.74, 6) is 0.612. The number of likely N-dealkylation sites (tertiary alicyclic amines) is 1. The molecular formula is C15H21NO4. The molecule has 1 fully saturated rings. The van der Waals surface area contributed by atoms with E-state index in [0.29, 0.717) is 24.0 Å². The van der Waals surface area contributed by atoms with Crippen LogP contribution in [-0.4, -0.2) is 49.8 Å². The first-order valence-electron chi connectivity index (χ1n) is 6.83. The van der Waals surface area contributed by atoms with Gasteiger partial charge in [-0.05, 0) is 44.6 Å². The molecule has 1 aliphatic rings. The van der Waals surface area contributed by atoms with Crippen molar-refractivity contribution < 1.29 is 19.4 Å². The van der Waals surface area contributed by atoms with E-state index < -0.39 is 5.97 Å². The summed E-state index contributed by atoms with van der Waals surface area (Å²) >= 11 is 0. The standard InChI is InChI=1S/C15H21NO4/c1-16-7-3-4-11(9-16)10-20-13-6-5-12(15(17)18)8-14(13)19-2/h5-6,8,11H,3-4,7,9-10H2,1-2H3,(H,17,18). The monoisotopic (exact) mass is 279 g/mol. The Labute approximate surface area is 119 Å². The number of hydrogen-bond acceptors (Lipinski definition) is 4. The first-order valence-corrected chi connectivity index (χ1v) is 6.83. The normalized spacial score (nSPS) is 19.6. The Bertz CT molecular complexity index is 475. The number of ether oxygens (including phenoxy) is 2. The molecule has 0 aromatic heterocycles. The number of benzene rings is 1. The third kappa shape index (κ3) is 3.63. The van der Waals surface area contributed by atoms with E-state index in [1.54, 1.807) is 6.07 Å². The van der Waals surface area contributed by atoms with E-state index in [1.165, 1.54) is 32.1 Å². The smallest absolute Gasteiger partial charge is 0.335 e. The number of nitrogens with zero attached hydrogens (tertiary/aromatic N) is 1. The summed E-state index contributed by atoms with van der Waals surface area (Å²) in [5, 5.41) is 8.96. The van der Waals surface area contributed by atoms with Gasteiger partial charge >= 0.3 is 5.97 Å². The van der Waals surface area contributed by atoms with Crippen LogP contribution in [-0.2, 0) is 0 Å². The van der Waals surface area contributed by atoms with Crippen LogP contribution in [0.5, 0.6) is 11.5 Å². The van der Waals surface area contributed by atoms with Crippen LogP contribution in [0, 0.1) is 5.92 Å². The predicted molar refractivity (Wildman–Crippen MR) is 75.7 cm³/mol. The second-order valence-corrected chi connectivity index (χ2v) is 5.25. The molecule has 0 saturated carbocycles. The maximum absolute atomic E-state index is 10.9. The lowest BCUT2D eigenvalue weighted by Gasteiger charge is -2.29. The van der Waals surface area contributed by atoms with Crippen LogP contribution in [0.2, 0.25) is 0 Å². The van der Waals surface area contributed by atoms with E-state index in [9.17, 15) is 4.79 Å². The van der Waals surface area contributed by atoms with Crippen LogP contribution in [0.15, 0.2) is 18.2 Å². The van der Waals surface area contributed by atoms with E-state index in [0.717, 1.165) is 13.1 Å². The van der Waals surface area contributed by atoms with Gasteiger partial charge in [0, 0.05) is 12.5 Å². The lowest BCUT2D eigenvalue weighted by molar-refractivity contribution is 0.0696. The quantitative estimate of drug-likeness (QED) is 0.894. The van der Waals surface area contributed by atoms with Gasteiger partial charge in [0.2, 0.25) is 0 Å². The molecule has 1 aromatic rings. The fourth-order valence-electron chi connectivity index (χ4n) is 2.54. The average Bonchev–Trinajstić information content (AvgIpc) is 2.45. The Morgan fingerprint density at radius 2 is 2.25 bits per heavy atom. The zero-order chi connectivity index (χ0) is 14.5. The molecule has 5 nitrogen and oxygen atoms in total. The topological polar surface area (TPSA) is 59.0 Å². The highest BCUT2D eigenvalue weighted by atomic mass is 16.5. The zero-order valence-corrected chi connectivity index (χ0v) is 12.0. The van der Waals surface area contributed by atoms with Crippen molar-refractivity contribution in [2.45, 2.75) is 12.8 Å². The number of piperidine rings is 1. The Hall–Kier alpha value is -1.75. The minimum Gasteiger partial charge on any atom is -0.493 e. The number of carbonyl (C=O) groups is 1. The van der Waals surface area contributed by atoms with Gasteiger partial charge in [-0.2, -0.15) is 0 Å². The van der Waals surface area contributed by atoms with Gasteiger partial charge in [-0.15, -0.1) is 0 Å². The number of carboxylic acid groups (broad SMARTS) is 1. The molecule has 1 unspecified atom stereocenters. The van der Waals surface area contributed by atoms with Crippen LogP contribution in [0.25, 0.3) is 0 Å². The number of carboxylic acids is 1. The molecule has 1 atom stereocenters. The second-order valence-electron chi connectivity index (χ2n) is 5.25. The van der Waals surface area contributed by atoms with Crippen molar-refractivity contribution in [1.82, 2.24) is 4.90 Å². The molecule has 1 heterocycles. The summed E-state index contributed by atoms with van der Waals surface area (Å²) in [4.78, 5) is 13.2. The van der Waals surface area contributed by atoms with E-state index in [4.69, 9.17) is 14.6 Å². The molecular weight excluding hydrogens is 258 g/mol. The van der Waals surface area contributed by atoms with Crippen LogP contribution < -0.4 is 9.47 Å². The largest absolute Gasteiger partial charge is 0.493 e. The summed E-state index contributed by atoms with van der Waals surface area (Å²) in [6.07, 6.45) is 2.36. The molecule has 0 radical (unpaired) electrons. The SMILES string of the molecule is COc1cc(C(=O)O)ccc1OCC1CCCN(C)C1. The minimum absolute atomic E-state index is 0.201. The summed E-state index contributed by atoms with van der Waals surface area (Å²) in [6.45, 7) is 2.82. The summed E-state index contributed by atoms with van der Waals surface area (Å²) < 4.78 is 11.0. The predicted octanol–water partition coefficient (Wildman–Crippen LogP) is 2.11. The number of rotatable bonds is 5. The Morgan fingerprint density at radius 1 is 1.45 bits per heavy atom. The van der Waals surface area contributed by atoms with Gasteiger partial charge in [-0.25, -0.2) is 4.79 Å². The molecule has 1 saturated heterocycles. The highest BCUT2D eigenvalue weighted by molar-refractivity contribution is 5.88. The molecule has 2 rings (SSSR count). The summed E-state index contributed by atoms with van der Waals surface area (Å²) in [7, 11) is 3.64. The van der Waals surface area contributed by atoms with Crippen LogP contribution in [0.4, 0.5) is 0 Å². The maximum atomic E-state index is 10.9. The fourth-order valence-corrected chi connectivity index (χ4v) is 2.54. The molecule has 110 valence electrons. The summed E-state index contributed by atoms with van der Waals surface area (Å²) in [6, 6.07) is 4.69. The minimum atomic E-state index is -0.969. The second kappa shape index (κ2) is 6.61. The first-order chi connectivity index (χ1) is 9.60. The van der Waals surface area contributed by atoms with Crippen molar-refractivity contribution in [3.05, 3.63) is 23.8 Å². The third-order valence-electron chi connectivity index (χ3n) is 3.61. The number of hydrogen-bond donors (Lipinski definition) is 1. The lowest BCUT2D eigenvalue weighted by Crippen LogP contribution is -2.34. The van der Waals surface area contributed by atoms with E-state index in [2.05, 4.69) is 11.9 Å². The molecule has 5 heteroatoms. The zero-order valence-electron chi connectivity index (χ0n) is 12.0. The first kappa shape index (κ1) is 14.7. The molecule has 0 bridgehead atoms. The van der Waals surface area contributed by atoms with Crippen molar-refractivity contribution in [3.8, 4) is 11.5 Å². The van der Waals surface area contributed by atoms with Crippen LogP contribution in [0.3, 0.4) is 0 Å². The van der Waals surface area contributed by atoms with Gasteiger partial charge in [-0.1, -0.05) is 0 Å². The molecule has 0 amide bonds.